The molecule has 0 N–H and O–H groups in total. The van der Waals surface area contributed by atoms with Crippen molar-refractivity contribution in [1.29, 1.82) is 0 Å². The zero-order valence-electron chi connectivity index (χ0n) is 7.31. The van der Waals surface area contributed by atoms with Crippen molar-refractivity contribution in [3.63, 3.8) is 0 Å². The van der Waals surface area contributed by atoms with Gasteiger partial charge >= 0.3 is 0 Å². The molecule has 0 heterocycles. The second kappa shape index (κ2) is 16.5. The van der Waals surface area contributed by atoms with Gasteiger partial charge in [-0.25, -0.2) is 0 Å². The van der Waals surface area contributed by atoms with Crippen LogP contribution in [0.15, 0.2) is 12.0 Å². The van der Waals surface area contributed by atoms with Gasteiger partial charge in [0.05, 0.1) is 12.1 Å². The third kappa shape index (κ3) is 25.6. The minimum Gasteiger partial charge on any atom is -0.381 e. The molecule has 0 aromatic heterocycles. The van der Waals surface area contributed by atoms with Crippen LogP contribution >= 0.6 is 12.1 Å². The van der Waals surface area contributed by atoms with Gasteiger partial charge < -0.3 is 4.74 Å². The van der Waals surface area contributed by atoms with Gasteiger partial charge in [-0.2, -0.15) is 3.89 Å². The molecule has 11 heavy (non-hydrogen) atoms. The molecule has 68 valence electrons. The van der Waals surface area contributed by atoms with Crippen molar-refractivity contribution in [3.8, 4) is 0 Å². The fourth-order valence-electron chi connectivity index (χ4n) is 0.391. The second-order valence-corrected chi connectivity index (χ2v) is 2.38. The summed E-state index contributed by atoms with van der Waals surface area (Å²) in [5.74, 6) is 0. The highest BCUT2D eigenvalue weighted by Crippen LogP contribution is 1.96. The molecule has 0 aliphatic heterocycles. The summed E-state index contributed by atoms with van der Waals surface area (Å²) in [7, 11) is 0. The van der Waals surface area contributed by atoms with E-state index in [1.165, 1.54) is 0 Å². The smallest absolute Gasteiger partial charge is 0.0726 e. The average Bonchev–Trinajstić information content (AvgIpc) is 2.06. The standard InChI is InChI=1S/C6H14O.C2H3FS/c1-3-5-7-6-4-2;1-2-4-3/h3-6H2,1-2H3;2H,1H2. The van der Waals surface area contributed by atoms with Crippen LogP contribution in [0.25, 0.3) is 0 Å². The molecule has 0 aromatic rings. The maximum absolute atomic E-state index is 10.5. The maximum atomic E-state index is 10.5. The highest BCUT2D eigenvalue weighted by Gasteiger charge is 1.77. The lowest BCUT2D eigenvalue weighted by Crippen LogP contribution is -1.92. The maximum Gasteiger partial charge on any atom is 0.0726 e. The normalized spacial score (nSPS) is 8.27. The van der Waals surface area contributed by atoms with Gasteiger partial charge in [0.1, 0.15) is 0 Å². The lowest BCUT2D eigenvalue weighted by molar-refractivity contribution is 0.135. The summed E-state index contributed by atoms with van der Waals surface area (Å²) in [6.45, 7) is 9.16. The van der Waals surface area contributed by atoms with E-state index < -0.39 is 0 Å². The number of halogens is 1. The first-order valence-electron chi connectivity index (χ1n) is 3.79. The summed E-state index contributed by atoms with van der Waals surface area (Å²) in [6.07, 6.45) is 2.28. The molecule has 0 aliphatic carbocycles. The molecule has 1 nitrogen and oxygen atoms in total. The molecule has 0 radical (unpaired) electrons. The first-order valence-corrected chi connectivity index (χ1v) is 4.57. The summed E-state index contributed by atoms with van der Waals surface area (Å²) in [5.41, 5.74) is 0. The number of hydrogen-bond acceptors (Lipinski definition) is 2. The van der Waals surface area contributed by atoms with Crippen LogP contribution in [0.2, 0.25) is 0 Å². The Labute approximate surface area is 73.3 Å². The Kier molecular flexibility index (Phi) is 20.4. The fourth-order valence-corrected chi connectivity index (χ4v) is 0.391. The number of rotatable bonds is 5. The van der Waals surface area contributed by atoms with Gasteiger partial charge in [-0.1, -0.05) is 20.4 Å². The van der Waals surface area contributed by atoms with Gasteiger partial charge in [0.2, 0.25) is 0 Å². The predicted molar refractivity (Wildman–Crippen MR) is 50.3 cm³/mol. The van der Waals surface area contributed by atoms with E-state index in [-0.39, 0.29) is 12.1 Å². The molecule has 0 saturated heterocycles. The fraction of sp³-hybridized carbons (Fsp3) is 0.750. The summed E-state index contributed by atoms with van der Waals surface area (Å²) in [5, 5.41) is 1.12. The van der Waals surface area contributed by atoms with E-state index in [2.05, 4.69) is 20.4 Å². The molecule has 0 amide bonds. The highest BCUT2D eigenvalue weighted by molar-refractivity contribution is 7.97. The van der Waals surface area contributed by atoms with Crippen LogP contribution < -0.4 is 0 Å². The SMILES string of the molecule is C=CSF.CCCOCCC. The van der Waals surface area contributed by atoms with Crippen LogP contribution in [0.5, 0.6) is 0 Å². The topological polar surface area (TPSA) is 9.23 Å². The van der Waals surface area contributed by atoms with Crippen molar-refractivity contribution in [3.05, 3.63) is 12.0 Å². The molecule has 0 atom stereocenters. The monoisotopic (exact) mass is 180 g/mol. The first-order chi connectivity index (χ1) is 5.33. The van der Waals surface area contributed by atoms with Crippen molar-refractivity contribution >= 4 is 12.1 Å². The summed E-state index contributed by atoms with van der Waals surface area (Å²) in [4.78, 5) is 0. The lowest BCUT2D eigenvalue weighted by atomic mass is 10.5. The number of ether oxygens (including phenoxy) is 1. The van der Waals surface area contributed by atoms with E-state index in [0.717, 1.165) is 31.5 Å². The predicted octanol–water partition coefficient (Wildman–Crippen LogP) is 3.57. The van der Waals surface area contributed by atoms with E-state index in [4.69, 9.17) is 4.74 Å². The molecule has 0 saturated carbocycles. The van der Waals surface area contributed by atoms with Gasteiger partial charge in [0, 0.05) is 13.2 Å². The Morgan fingerprint density at radius 1 is 1.36 bits per heavy atom. The summed E-state index contributed by atoms with van der Waals surface area (Å²) < 4.78 is 15.7. The molecule has 0 rings (SSSR count). The third-order valence-electron chi connectivity index (χ3n) is 0.760. The molecule has 3 heteroatoms. The van der Waals surface area contributed by atoms with Crippen molar-refractivity contribution in [2.75, 3.05) is 13.2 Å². The van der Waals surface area contributed by atoms with Crippen molar-refractivity contribution in [2.45, 2.75) is 26.7 Å². The van der Waals surface area contributed by atoms with Crippen LogP contribution in [0.3, 0.4) is 0 Å². The summed E-state index contributed by atoms with van der Waals surface area (Å²) >= 11 is 0.120. The third-order valence-corrected chi connectivity index (χ3v) is 0.886. The van der Waals surface area contributed by atoms with Gasteiger partial charge in [-0.3, -0.25) is 0 Å². The lowest BCUT2D eigenvalue weighted by Gasteiger charge is -1.95. The first kappa shape index (κ1) is 13.6. The second-order valence-electron chi connectivity index (χ2n) is 1.87. The average molecular weight is 180 g/mol. The van der Waals surface area contributed by atoms with Gasteiger partial charge in [0.25, 0.3) is 0 Å². The van der Waals surface area contributed by atoms with Crippen molar-refractivity contribution in [1.82, 2.24) is 0 Å². The van der Waals surface area contributed by atoms with Gasteiger partial charge in [0.15, 0.2) is 0 Å². The minimum atomic E-state index is 0.120. The van der Waals surface area contributed by atoms with Crippen LogP contribution in [0.4, 0.5) is 3.89 Å². The molecule has 0 bridgehead atoms. The summed E-state index contributed by atoms with van der Waals surface area (Å²) in [6, 6.07) is 0. The minimum absolute atomic E-state index is 0.120. The zero-order chi connectivity index (χ0) is 8.95. The van der Waals surface area contributed by atoms with E-state index in [9.17, 15) is 3.89 Å². The Morgan fingerprint density at radius 2 is 1.73 bits per heavy atom. The molecule has 0 aromatic carbocycles. The molecule has 0 unspecified atom stereocenters. The largest absolute Gasteiger partial charge is 0.381 e. The van der Waals surface area contributed by atoms with Crippen LogP contribution in [0, 0.1) is 0 Å². The Balaban J connectivity index is 0. The van der Waals surface area contributed by atoms with E-state index in [0.29, 0.717) is 0 Å². The quantitative estimate of drug-likeness (QED) is 0.598. The Morgan fingerprint density at radius 3 is 1.91 bits per heavy atom. The zero-order valence-corrected chi connectivity index (χ0v) is 8.12. The van der Waals surface area contributed by atoms with Crippen LogP contribution in [0.1, 0.15) is 26.7 Å². The Bertz CT molecular complexity index is 65.1. The molecular formula is C8H17FOS. The molecular weight excluding hydrogens is 163 g/mol. The van der Waals surface area contributed by atoms with E-state index in [1.807, 2.05) is 0 Å². The molecule has 0 aliphatic rings. The van der Waals surface area contributed by atoms with Crippen LogP contribution in [-0.4, -0.2) is 13.2 Å². The van der Waals surface area contributed by atoms with Gasteiger partial charge in [-0.05, 0) is 18.2 Å². The highest BCUT2D eigenvalue weighted by atomic mass is 32.2. The van der Waals surface area contributed by atoms with Crippen LogP contribution in [-0.2, 0) is 4.74 Å². The van der Waals surface area contributed by atoms with Crippen molar-refractivity contribution < 1.29 is 8.62 Å². The van der Waals surface area contributed by atoms with Gasteiger partial charge in [-0.15, -0.1) is 0 Å². The Hall–Kier alpha value is -0.0200. The molecule has 0 spiro atoms. The number of hydrogen-bond donors (Lipinski definition) is 0. The molecule has 0 fully saturated rings. The van der Waals surface area contributed by atoms with E-state index in [1.54, 1.807) is 0 Å². The van der Waals surface area contributed by atoms with E-state index >= 15 is 0 Å². The van der Waals surface area contributed by atoms with Crippen molar-refractivity contribution in [2.24, 2.45) is 0 Å².